The van der Waals surface area contributed by atoms with Crippen molar-refractivity contribution in [3.8, 4) is 28.8 Å². The molecule has 1 aliphatic carbocycles. The molecule has 3 aromatic rings. The topological polar surface area (TPSA) is 161 Å². The molecule has 2 aromatic carbocycles. The lowest BCUT2D eigenvalue weighted by atomic mass is 10.0. The lowest BCUT2D eigenvalue weighted by Crippen LogP contribution is -2.48. The van der Waals surface area contributed by atoms with Crippen LogP contribution in [0.4, 0.5) is 25.5 Å². The number of carbonyl (C=O) groups excluding carboxylic acids is 4. The first-order valence-corrected chi connectivity index (χ1v) is 18.9. The molecular formula is C43H54FN5O9. The van der Waals surface area contributed by atoms with Crippen molar-refractivity contribution in [2.24, 2.45) is 0 Å². The Hall–Kier alpha value is -5.59. The molecule has 1 atom stereocenters. The summed E-state index contributed by atoms with van der Waals surface area (Å²) in [5, 5.41) is 11.4. The van der Waals surface area contributed by atoms with Gasteiger partial charge in [-0.2, -0.15) is 0 Å². The van der Waals surface area contributed by atoms with Crippen molar-refractivity contribution in [1.29, 1.82) is 0 Å². The van der Waals surface area contributed by atoms with Gasteiger partial charge in [0.2, 0.25) is 6.41 Å². The van der Waals surface area contributed by atoms with Crippen LogP contribution in [0.25, 0.3) is 11.3 Å². The average molecular weight is 804 g/mol. The molecule has 0 spiro atoms. The van der Waals surface area contributed by atoms with E-state index in [1.54, 1.807) is 81.4 Å². The molecule has 4 amide bonds. The van der Waals surface area contributed by atoms with Gasteiger partial charge in [-0.25, -0.2) is 33.7 Å². The van der Waals surface area contributed by atoms with Crippen molar-refractivity contribution in [3.05, 3.63) is 65.2 Å². The van der Waals surface area contributed by atoms with Gasteiger partial charge in [0.05, 0.1) is 17.8 Å². The van der Waals surface area contributed by atoms with Crippen LogP contribution >= 0.6 is 0 Å². The Labute approximate surface area is 339 Å². The molecule has 0 saturated heterocycles. The fourth-order valence-electron chi connectivity index (χ4n) is 5.60. The first kappa shape index (κ1) is 45.1. The lowest BCUT2D eigenvalue weighted by Gasteiger charge is -2.34. The maximum absolute atomic E-state index is 16.0. The average Bonchev–Trinajstić information content (AvgIpc) is 3.94. The minimum Gasteiger partial charge on any atom is -0.486 e. The van der Waals surface area contributed by atoms with Crippen LogP contribution in [-0.4, -0.2) is 87.4 Å². The quantitative estimate of drug-likeness (QED) is 0.149. The molecular weight excluding hydrogens is 749 g/mol. The van der Waals surface area contributed by atoms with Crippen LogP contribution < -0.4 is 14.5 Å². The number of nitrogens with zero attached hydrogens (tertiary/aromatic N) is 5. The second kappa shape index (κ2) is 17.9. The Balaban J connectivity index is 1.96. The summed E-state index contributed by atoms with van der Waals surface area (Å²) < 4.78 is 39.4. The van der Waals surface area contributed by atoms with Crippen LogP contribution in [0.15, 0.2) is 42.7 Å². The molecule has 15 heteroatoms. The summed E-state index contributed by atoms with van der Waals surface area (Å²) in [4.78, 5) is 66.1. The van der Waals surface area contributed by atoms with Crippen molar-refractivity contribution < 1.29 is 47.6 Å². The number of aliphatic hydroxyl groups excluding tert-OH is 1. The van der Waals surface area contributed by atoms with Gasteiger partial charge in [-0.3, -0.25) is 9.59 Å². The summed E-state index contributed by atoms with van der Waals surface area (Å²) in [7, 11) is 1.51. The molecule has 1 saturated carbocycles. The maximum atomic E-state index is 16.0. The highest BCUT2D eigenvalue weighted by atomic mass is 19.1. The number of benzene rings is 2. The smallest absolute Gasteiger partial charge is 0.422 e. The summed E-state index contributed by atoms with van der Waals surface area (Å²) >= 11 is 0. The van der Waals surface area contributed by atoms with Crippen molar-refractivity contribution in [1.82, 2.24) is 14.9 Å². The van der Waals surface area contributed by atoms with E-state index in [4.69, 9.17) is 18.9 Å². The molecule has 1 unspecified atom stereocenters. The van der Waals surface area contributed by atoms with Gasteiger partial charge in [-0.15, -0.1) is 0 Å². The van der Waals surface area contributed by atoms with Crippen molar-refractivity contribution >= 4 is 35.5 Å². The minimum absolute atomic E-state index is 0.0113. The number of hydrogen-bond donors (Lipinski definition) is 1. The van der Waals surface area contributed by atoms with Gasteiger partial charge in [-0.05, 0) is 136 Å². The molecule has 0 radical (unpaired) electrons. The van der Waals surface area contributed by atoms with Crippen molar-refractivity contribution in [2.45, 2.75) is 118 Å². The fourth-order valence-corrected chi connectivity index (χ4v) is 5.60. The molecule has 14 nitrogen and oxygen atoms in total. The van der Waals surface area contributed by atoms with Crippen LogP contribution in [0.1, 0.15) is 109 Å². The summed E-state index contributed by atoms with van der Waals surface area (Å²) in [5.41, 5.74) is -1.87. The molecule has 1 aliphatic rings. The number of aromatic nitrogens is 2. The Morgan fingerprint density at radius 2 is 1.52 bits per heavy atom. The van der Waals surface area contributed by atoms with Crippen LogP contribution in [-0.2, 0) is 19.0 Å². The van der Waals surface area contributed by atoms with Gasteiger partial charge in [0.15, 0.2) is 11.6 Å². The molecule has 4 rings (SSSR count). The van der Waals surface area contributed by atoms with Gasteiger partial charge in [0.25, 0.3) is 11.8 Å². The number of aliphatic hydroxyl groups is 1. The Bertz CT molecular complexity index is 2070. The van der Waals surface area contributed by atoms with Crippen LogP contribution in [0.5, 0.6) is 5.75 Å². The number of ether oxygens (including phenoxy) is 4. The van der Waals surface area contributed by atoms with E-state index in [1.807, 2.05) is 12.1 Å². The molecule has 1 aromatic heterocycles. The molecule has 1 fully saturated rings. The van der Waals surface area contributed by atoms with E-state index >= 15 is 4.39 Å². The summed E-state index contributed by atoms with van der Waals surface area (Å²) in [6.07, 6.45) is -0.938. The Morgan fingerprint density at radius 3 is 2.07 bits per heavy atom. The highest BCUT2D eigenvalue weighted by Crippen LogP contribution is 2.42. The molecule has 0 bridgehead atoms. The number of anilines is 2. The predicted octanol–water partition coefficient (Wildman–Crippen LogP) is 7.74. The van der Waals surface area contributed by atoms with Crippen molar-refractivity contribution in [3.63, 3.8) is 0 Å². The monoisotopic (exact) mass is 803 g/mol. The first-order valence-electron chi connectivity index (χ1n) is 18.9. The zero-order chi connectivity index (χ0) is 43.3. The Morgan fingerprint density at radius 1 is 0.914 bits per heavy atom. The van der Waals surface area contributed by atoms with Crippen molar-refractivity contribution in [2.75, 3.05) is 30.0 Å². The van der Waals surface area contributed by atoms with E-state index in [1.165, 1.54) is 18.9 Å². The predicted molar refractivity (Wildman–Crippen MR) is 216 cm³/mol. The summed E-state index contributed by atoms with van der Waals surface area (Å²) in [5.74, 6) is 2.71. The number of rotatable bonds is 11. The van der Waals surface area contributed by atoms with Crippen LogP contribution in [0, 0.1) is 24.6 Å². The maximum Gasteiger partial charge on any atom is 0.422 e. The van der Waals surface area contributed by atoms with Gasteiger partial charge in [0, 0.05) is 18.2 Å². The number of imide groups is 1. The SMILES string of the molecule is CC#CC(=O)N(C)CCOc1c(-c2cc(F)cc(N(C(=O)OC(C)(C)C)C(=O)c3ccc(C4CC4)cc3)c2C)ncnc1N(C(=O)OC(C)(C)C)C(O)OC(C)(C)C. The van der Waals surface area contributed by atoms with E-state index < -0.39 is 53.0 Å². The van der Waals surface area contributed by atoms with Crippen LogP contribution in [0.2, 0.25) is 0 Å². The molecule has 1 heterocycles. The third-order valence-corrected chi connectivity index (χ3v) is 8.36. The van der Waals surface area contributed by atoms with Gasteiger partial charge < -0.3 is 29.0 Å². The molecule has 1 N–H and O–H groups in total. The first-order chi connectivity index (χ1) is 26.9. The van der Waals surface area contributed by atoms with E-state index in [-0.39, 0.29) is 52.8 Å². The fraction of sp³-hybridized carbons (Fsp3) is 0.488. The minimum atomic E-state index is -1.99. The zero-order valence-corrected chi connectivity index (χ0v) is 35.4. The molecule has 0 aliphatic heterocycles. The standard InChI is InChI=1S/C43H54FN5O9/c1-13-14-33(50)47(12)21-22-55-35-34(45-25-46-36(35)49(39(53)57-42(6,7)8)40(54)58-43(9,10)11)31-23-30(44)24-32(26(31)2)48(38(52)56-41(3,4)5)37(51)29-19-17-28(18-20-29)27-15-16-27/h17-20,23-25,27,39,53H,15-16,21-22H2,1-12H3. The Kier molecular flexibility index (Phi) is 13.9. The number of halogens is 1. The second-order valence-corrected chi connectivity index (χ2v) is 16.8. The highest BCUT2D eigenvalue weighted by Gasteiger charge is 2.38. The summed E-state index contributed by atoms with van der Waals surface area (Å²) in [6, 6.07) is 9.06. The summed E-state index contributed by atoms with van der Waals surface area (Å²) in [6.45, 7) is 17.6. The van der Waals surface area contributed by atoms with Gasteiger partial charge in [-0.1, -0.05) is 18.1 Å². The third kappa shape index (κ3) is 12.0. The highest BCUT2D eigenvalue weighted by molar-refractivity contribution is 6.20. The molecule has 312 valence electrons. The number of carbonyl (C=O) groups is 4. The van der Waals surface area contributed by atoms with E-state index in [0.29, 0.717) is 5.92 Å². The second-order valence-electron chi connectivity index (χ2n) is 16.8. The lowest BCUT2D eigenvalue weighted by molar-refractivity contribution is -0.163. The van der Waals surface area contributed by atoms with E-state index in [2.05, 4.69) is 21.8 Å². The van der Waals surface area contributed by atoms with Gasteiger partial charge in [0.1, 0.15) is 35.6 Å². The number of hydrogen-bond acceptors (Lipinski definition) is 11. The molecule has 58 heavy (non-hydrogen) atoms. The van der Waals surface area contributed by atoms with Crippen LogP contribution in [0.3, 0.4) is 0 Å². The van der Waals surface area contributed by atoms with E-state index in [0.717, 1.165) is 46.7 Å². The van der Waals surface area contributed by atoms with E-state index in [9.17, 15) is 24.3 Å². The normalized spacial score (nSPS) is 13.4. The number of amides is 4. The largest absolute Gasteiger partial charge is 0.486 e. The number of likely N-dealkylation sites (N-methyl/N-ethyl adjacent to an activating group) is 1. The zero-order valence-electron chi connectivity index (χ0n) is 35.4. The third-order valence-electron chi connectivity index (χ3n) is 8.36. The van der Waals surface area contributed by atoms with Gasteiger partial charge >= 0.3 is 12.2 Å².